The number of benzene rings is 2. The Morgan fingerprint density at radius 3 is 2.56 bits per heavy atom. The van der Waals surface area contributed by atoms with Crippen molar-refractivity contribution in [2.75, 3.05) is 29.9 Å². The molecular weight excluding hydrogens is 316 g/mol. The molecule has 5 heteroatoms. The molecule has 1 N–H and O–H groups in total. The number of rotatable bonds is 4. The summed E-state index contributed by atoms with van der Waals surface area (Å²) in [6.07, 6.45) is 0. The molecule has 0 unspecified atom stereocenters. The van der Waals surface area contributed by atoms with Gasteiger partial charge in [-0.15, -0.1) is 0 Å². The van der Waals surface area contributed by atoms with Gasteiger partial charge < -0.3 is 15.0 Å². The van der Waals surface area contributed by atoms with E-state index in [4.69, 9.17) is 4.74 Å². The quantitative estimate of drug-likeness (QED) is 0.869. The number of para-hydroxylation sites is 1. The molecule has 0 fully saturated rings. The third-order valence-corrected chi connectivity index (χ3v) is 4.40. The van der Waals surface area contributed by atoms with E-state index in [0.717, 1.165) is 22.5 Å². The van der Waals surface area contributed by atoms with Gasteiger partial charge in [0.1, 0.15) is 12.4 Å². The lowest BCUT2D eigenvalue weighted by Crippen LogP contribution is -2.39. The zero-order chi connectivity index (χ0) is 18.0. The number of anilines is 2. The van der Waals surface area contributed by atoms with Crippen molar-refractivity contribution in [2.45, 2.75) is 20.8 Å². The van der Waals surface area contributed by atoms with Crippen LogP contribution in [0.5, 0.6) is 5.75 Å². The highest BCUT2D eigenvalue weighted by Crippen LogP contribution is 2.32. The summed E-state index contributed by atoms with van der Waals surface area (Å²) in [4.78, 5) is 26.1. The van der Waals surface area contributed by atoms with Crippen LogP contribution in [0.3, 0.4) is 0 Å². The van der Waals surface area contributed by atoms with Gasteiger partial charge in [-0.3, -0.25) is 9.59 Å². The summed E-state index contributed by atoms with van der Waals surface area (Å²) in [5.41, 5.74) is 4.34. The molecule has 0 atom stereocenters. The Balaban J connectivity index is 1.79. The van der Waals surface area contributed by atoms with E-state index >= 15 is 0 Å². The molecule has 0 aromatic heterocycles. The van der Waals surface area contributed by atoms with Gasteiger partial charge >= 0.3 is 0 Å². The van der Waals surface area contributed by atoms with Crippen LogP contribution in [0.15, 0.2) is 36.4 Å². The molecular formula is C20H22N2O3. The third-order valence-electron chi connectivity index (χ3n) is 4.40. The third kappa shape index (κ3) is 3.65. The molecule has 130 valence electrons. The van der Waals surface area contributed by atoms with Crippen LogP contribution in [0, 0.1) is 13.8 Å². The van der Waals surface area contributed by atoms with Crippen molar-refractivity contribution in [2.24, 2.45) is 0 Å². The first kappa shape index (κ1) is 17.0. The Bertz CT molecular complexity index is 809. The first-order valence-electron chi connectivity index (χ1n) is 8.34. The summed E-state index contributed by atoms with van der Waals surface area (Å²) >= 11 is 0. The SMILES string of the molecule is CC(=O)c1ccc2c(c1)N(CC(=O)Nc1c(C)cccc1C)CCO2. The van der Waals surface area contributed by atoms with Crippen LogP contribution in [0.1, 0.15) is 28.4 Å². The Hall–Kier alpha value is -2.82. The van der Waals surface area contributed by atoms with Crippen molar-refractivity contribution in [1.82, 2.24) is 0 Å². The molecule has 1 heterocycles. The van der Waals surface area contributed by atoms with Gasteiger partial charge in [0.05, 0.1) is 18.8 Å². The normalized spacial score (nSPS) is 13.0. The Morgan fingerprint density at radius 2 is 1.88 bits per heavy atom. The molecule has 2 aromatic carbocycles. The first-order valence-corrected chi connectivity index (χ1v) is 8.34. The Morgan fingerprint density at radius 1 is 1.16 bits per heavy atom. The number of fused-ring (bicyclic) bond motifs is 1. The highest BCUT2D eigenvalue weighted by atomic mass is 16.5. The van der Waals surface area contributed by atoms with Gasteiger partial charge in [0.25, 0.3) is 0 Å². The van der Waals surface area contributed by atoms with Crippen molar-refractivity contribution in [3.8, 4) is 5.75 Å². The highest BCUT2D eigenvalue weighted by Gasteiger charge is 2.21. The van der Waals surface area contributed by atoms with Gasteiger partial charge in [-0.05, 0) is 50.1 Å². The molecule has 1 aliphatic rings. The highest BCUT2D eigenvalue weighted by molar-refractivity contribution is 5.97. The van der Waals surface area contributed by atoms with Crippen molar-refractivity contribution in [3.63, 3.8) is 0 Å². The second-order valence-electron chi connectivity index (χ2n) is 6.32. The number of nitrogens with one attached hydrogen (secondary N) is 1. The minimum Gasteiger partial charge on any atom is -0.490 e. The number of amides is 1. The molecule has 1 amide bonds. The lowest BCUT2D eigenvalue weighted by Gasteiger charge is -2.31. The summed E-state index contributed by atoms with van der Waals surface area (Å²) in [5, 5.41) is 3.01. The van der Waals surface area contributed by atoms with Crippen molar-refractivity contribution < 1.29 is 14.3 Å². The number of carbonyl (C=O) groups excluding carboxylic acids is 2. The Labute approximate surface area is 147 Å². The van der Waals surface area contributed by atoms with E-state index in [1.54, 1.807) is 18.2 Å². The molecule has 2 aromatic rings. The lowest BCUT2D eigenvalue weighted by molar-refractivity contribution is -0.115. The van der Waals surface area contributed by atoms with Gasteiger partial charge in [-0.1, -0.05) is 18.2 Å². The number of carbonyl (C=O) groups is 2. The fraction of sp³-hybridized carbons (Fsp3) is 0.300. The predicted octanol–water partition coefficient (Wildman–Crippen LogP) is 3.34. The first-order chi connectivity index (χ1) is 12.0. The molecule has 5 nitrogen and oxygen atoms in total. The molecule has 0 saturated carbocycles. The average Bonchev–Trinajstić information content (AvgIpc) is 2.58. The molecule has 1 aliphatic heterocycles. The van der Waals surface area contributed by atoms with E-state index in [2.05, 4.69) is 5.32 Å². The fourth-order valence-corrected chi connectivity index (χ4v) is 3.02. The van der Waals surface area contributed by atoms with Crippen molar-refractivity contribution in [1.29, 1.82) is 0 Å². The molecule has 0 aliphatic carbocycles. The molecule has 25 heavy (non-hydrogen) atoms. The van der Waals surface area contributed by atoms with Gasteiger partial charge in [0.2, 0.25) is 5.91 Å². The summed E-state index contributed by atoms with van der Waals surface area (Å²) < 4.78 is 5.64. The number of ketones is 1. The van der Waals surface area contributed by atoms with E-state index in [1.807, 2.05) is 36.9 Å². The van der Waals surface area contributed by atoms with Crippen molar-refractivity contribution in [3.05, 3.63) is 53.1 Å². The van der Waals surface area contributed by atoms with Gasteiger partial charge in [0, 0.05) is 11.3 Å². The predicted molar refractivity (Wildman–Crippen MR) is 98.7 cm³/mol. The average molecular weight is 338 g/mol. The van der Waals surface area contributed by atoms with Crippen LogP contribution in [0.25, 0.3) is 0 Å². The van der Waals surface area contributed by atoms with E-state index < -0.39 is 0 Å². The van der Waals surface area contributed by atoms with Crippen molar-refractivity contribution >= 4 is 23.1 Å². The van der Waals surface area contributed by atoms with E-state index in [1.165, 1.54) is 6.92 Å². The second kappa shape index (κ2) is 6.97. The van der Waals surface area contributed by atoms with Crippen LogP contribution < -0.4 is 15.0 Å². The van der Waals surface area contributed by atoms with E-state index in [9.17, 15) is 9.59 Å². The molecule has 0 bridgehead atoms. The van der Waals surface area contributed by atoms with Gasteiger partial charge in [0.15, 0.2) is 5.78 Å². The summed E-state index contributed by atoms with van der Waals surface area (Å²) in [6, 6.07) is 11.3. The number of aryl methyl sites for hydroxylation is 2. The molecule has 0 spiro atoms. The number of hydrogen-bond acceptors (Lipinski definition) is 4. The minimum atomic E-state index is -0.0847. The topological polar surface area (TPSA) is 58.6 Å². The monoisotopic (exact) mass is 338 g/mol. The lowest BCUT2D eigenvalue weighted by atomic mass is 10.1. The number of nitrogens with zero attached hydrogens (tertiary/aromatic N) is 1. The van der Waals surface area contributed by atoms with Gasteiger partial charge in [-0.2, -0.15) is 0 Å². The standard InChI is InChI=1S/C20H22N2O3/c1-13-5-4-6-14(2)20(13)21-19(24)12-22-9-10-25-18-8-7-16(15(3)23)11-17(18)22/h4-8,11H,9-10,12H2,1-3H3,(H,21,24). The molecule has 3 rings (SSSR count). The zero-order valence-corrected chi connectivity index (χ0v) is 14.8. The van der Waals surface area contributed by atoms with Crippen LogP contribution >= 0.6 is 0 Å². The summed E-state index contributed by atoms with van der Waals surface area (Å²) in [5.74, 6) is 0.614. The van der Waals surface area contributed by atoms with Gasteiger partial charge in [-0.25, -0.2) is 0 Å². The maximum atomic E-state index is 12.6. The second-order valence-corrected chi connectivity index (χ2v) is 6.32. The summed E-state index contributed by atoms with van der Waals surface area (Å²) in [6.45, 7) is 6.82. The van der Waals surface area contributed by atoms with E-state index in [-0.39, 0.29) is 18.2 Å². The van der Waals surface area contributed by atoms with Crippen LogP contribution in [0.4, 0.5) is 11.4 Å². The zero-order valence-electron chi connectivity index (χ0n) is 14.8. The largest absolute Gasteiger partial charge is 0.490 e. The smallest absolute Gasteiger partial charge is 0.243 e. The van der Waals surface area contributed by atoms with Crippen LogP contribution in [-0.2, 0) is 4.79 Å². The van der Waals surface area contributed by atoms with E-state index in [0.29, 0.717) is 24.5 Å². The van der Waals surface area contributed by atoms with Crippen LogP contribution in [0.2, 0.25) is 0 Å². The number of Topliss-reactive ketones (excluding diaryl/α,β-unsaturated/α-hetero) is 1. The minimum absolute atomic E-state index is 0.00619. The number of hydrogen-bond donors (Lipinski definition) is 1. The summed E-state index contributed by atoms with van der Waals surface area (Å²) in [7, 11) is 0. The van der Waals surface area contributed by atoms with Crippen LogP contribution in [-0.4, -0.2) is 31.4 Å². The fourth-order valence-electron chi connectivity index (χ4n) is 3.02. The maximum absolute atomic E-state index is 12.6. The maximum Gasteiger partial charge on any atom is 0.243 e. The Kier molecular flexibility index (Phi) is 4.74. The molecule has 0 radical (unpaired) electrons. The number of ether oxygens (including phenoxy) is 1. The molecule has 0 saturated heterocycles.